The van der Waals surface area contributed by atoms with E-state index in [-0.39, 0.29) is 11.9 Å². The highest BCUT2D eigenvalue weighted by Crippen LogP contribution is 2.30. The van der Waals surface area contributed by atoms with Crippen LogP contribution in [0.15, 0.2) is 5.03 Å². The van der Waals surface area contributed by atoms with Gasteiger partial charge in [-0.15, -0.1) is 11.8 Å². The van der Waals surface area contributed by atoms with E-state index in [1.54, 1.807) is 11.8 Å². The SMILES string of the molecule is CCCCCCCCCCCCCCCCn1c(CO)nc2nc(Cl)nc(SC(C)C)c21. The van der Waals surface area contributed by atoms with Crippen LogP contribution in [-0.4, -0.2) is 29.9 Å². The zero-order valence-electron chi connectivity index (χ0n) is 20.4. The average Bonchev–Trinajstić information content (AvgIpc) is 3.11. The van der Waals surface area contributed by atoms with E-state index in [9.17, 15) is 5.11 Å². The average molecular weight is 483 g/mol. The number of aryl methyl sites for hydroxylation is 1. The molecule has 0 atom stereocenters. The third-order valence-corrected chi connectivity index (χ3v) is 7.00. The van der Waals surface area contributed by atoms with Crippen molar-refractivity contribution in [1.29, 1.82) is 0 Å². The fraction of sp³-hybridized carbons (Fsp3) is 0.800. The minimum Gasteiger partial charge on any atom is -0.388 e. The van der Waals surface area contributed by atoms with Gasteiger partial charge in [-0.25, -0.2) is 9.97 Å². The summed E-state index contributed by atoms with van der Waals surface area (Å²) in [6, 6.07) is 0. The third kappa shape index (κ3) is 9.56. The molecule has 2 aromatic heterocycles. The largest absolute Gasteiger partial charge is 0.388 e. The van der Waals surface area contributed by atoms with E-state index in [0.29, 0.717) is 16.7 Å². The maximum Gasteiger partial charge on any atom is 0.225 e. The zero-order chi connectivity index (χ0) is 23.2. The molecule has 2 rings (SSSR count). The minimum absolute atomic E-state index is 0.0988. The Morgan fingerprint density at radius 3 is 1.84 bits per heavy atom. The number of nitrogens with zero attached hydrogens (tertiary/aromatic N) is 4. The van der Waals surface area contributed by atoms with Crippen LogP contribution in [0, 0.1) is 0 Å². The minimum atomic E-state index is -0.0988. The Labute approximate surface area is 204 Å². The van der Waals surface area contributed by atoms with E-state index in [0.717, 1.165) is 23.5 Å². The molecular weight excluding hydrogens is 440 g/mol. The fourth-order valence-electron chi connectivity index (χ4n) is 4.15. The van der Waals surface area contributed by atoms with Gasteiger partial charge in [-0.05, 0) is 18.0 Å². The summed E-state index contributed by atoms with van der Waals surface area (Å²) in [5.74, 6) is 0.650. The molecule has 0 amide bonds. The summed E-state index contributed by atoms with van der Waals surface area (Å²) in [4.78, 5) is 13.2. The highest BCUT2D eigenvalue weighted by molar-refractivity contribution is 8.00. The first-order chi connectivity index (χ1) is 15.6. The van der Waals surface area contributed by atoms with Crippen molar-refractivity contribution in [3.8, 4) is 0 Å². The van der Waals surface area contributed by atoms with Crippen LogP contribution in [0.25, 0.3) is 11.2 Å². The number of imidazole rings is 1. The van der Waals surface area contributed by atoms with Crippen LogP contribution in [0.4, 0.5) is 0 Å². The second kappa shape index (κ2) is 15.9. The Bertz CT molecular complexity index is 781. The van der Waals surface area contributed by atoms with Crippen LogP contribution in [0.2, 0.25) is 5.28 Å². The van der Waals surface area contributed by atoms with Gasteiger partial charge in [-0.2, -0.15) is 4.98 Å². The highest BCUT2D eigenvalue weighted by Gasteiger charge is 2.18. The van der Waals surface area contributed by atoms with Crippen LogP contribution in [0.5, 0.6) is 0 Å². The molecule has 0 radical (unpaired) electrons. The number of aliphatic hydroxyl groups is 1. The second-order valence-corrected chi connectivity index (χ2v) is 11.0. The first kappa shape index (κ1) is 27.4. The van der Waals surface area contributed by atoms with E-state index < -0.39 is 0 Å². The highest BCUT2D eigenvalue weighted by atomic mass is 35.5. The third-order valence-electron chi connectivity index (χ3n) is 5.85. The summed E-state index contributed by atoms with van der Waals surface area (Å²) in [6.07, 6.45) is 18.8. The molecule has 0 fully saturated rings. The first-order valence-electron chi connectivity index (χ1n) is 12.8. The van der Waals surface area contributed by atoms with E-state index >= 15 is 0 Å². The summed E-state index contributed by atoms with van der Waals surface area (Å²) < 4.78 is 2.09. The molecule has 5 nitrogen and oxygen atoms in total. The van der Waals surface area contributed by atoms with Gasteiger partial charge in [0.1, 0.15) is 23.0 Å². The number of unbranched alkanes of at least 4 members (excludes halogenated alkanes) is 13. The van der Waals surface area contributed by atoms with Crippen LogP contribution in [0.3, 0.4) is 0 Å². The number of fused-ring (bicyclic) bond motifs is 1. The van der Waals surface area contributed by atoms with E-state index in [2.05, 4.69) is 40.3 Å². The summed E-state index contributed by atoms with van der Waals surface area (Å²) in [6.45, 7) is 7.28. The Morgan fingerprint density at radius 2 is 1.34 bits per heavy atom. The van der Waals surface area contributed by atoms with Crippen molar-refractivity contribution in [2.24, 2.45) is 0 Å². The van der Waals surface area contributed by atoms with Crippen molar-refractivity contribution in [2.75, 3.05) is 0 Å². The molecule has 0 aliphatic carbocycles. The number of halogens is 1. The quantitative estimate of drug-likeness (QED) is 0.101. The lowest BCUT2D eigenvalue weighted by Crippen LogP contribution is -2.06. The van der Waals surface area contributed by atoms with Gasteiger partial charge < -0.3 is 9.67 Å². The lowest BCUT2D eigenvalue weighted by atomic mass is 10.0. The molecule has 0 aliphatic heterocycles. The molecule has 1 N–H and O–H groups in total. The molecule has 0 saturated carbocycles. The van der Waals surface area contributed by atoms with Gasteiger partial charge in [0.25, 0.3) is 0 Å². The number of thioether (sulfide) groups is 1. The van der Waals surface area contributed by atoms with E-state index in [4.69, 9.17) is 11.6 Å². The maximum absolute atomic E-state index is 9.81. The lowest BCUT2D eigenvalue weighted by molar-refractivity contribution is 0.265. The van der Waals surface area contributed by atoms with Gasteiger partial charge in [0.2, 0.25) is 5.28 Å². The molecular formula is C25H43ClN4OS. The molecule has 2 aromatic rings. The molecule has 32 heavy (non-hydrogen) atoms. The molecule has 0 bridgehead atoms. The summed E-state index contributed by atoms with van der Waals surface area (Å²) in [5.41, 5.74) is 1.49. The van der Waals surface area contributed by atoms with Gasteiger partial charge in [0.05, 0.1) is 0 Å². The number of aliphatic hydroxyl groups excluding tert-OH is 1. The molecule has 2 heterocycles. The van der Waals surface area contributed by atoms with Crippen molar-refractivity contribution in [1.82, 2.24) is 19.5 Å². The molecule has 0 aliphatic rings. The van der Waals surface area contributed by atoms with Crippen LogP contribution >= 0.6 is 23.4 Å². The number of hydrogen-bond acceptors (Lipinski definition) is 5. The van der Waals surface area contributed by atoms with Crippen molar-refractivity contribution in [3.63, 3.8) is 0 Å². The lowest BCUT2D eigenvalue weighted by Gasteiger charge is -2.11. The maximum atomic E-state index is 9.81. The monoisotopic (exact) mass is 482 g/mol. The Balaban J connectivity index is 1.69. The van der Waals surface area contributed by atoms with Crippen LogP contribution in [0.1, 0.15) is 116 Å². The topological polar surface area (TPSA) is 63.8 Å². The number of rotatable bonds is 18. The molecule has 0 unspecified atom stereocenters. The van der Waals surface area contributed by atoms with Crippen molar-refractivity contribution in [2.45, 2.75) is 134 Å². The molecule has 182 valence electrons. The summed E-state index contributed by atoms with van der Waals surface area (Å²) in [7, 11) is 0. The standard InChI is InChI=1S/C25H43ClN4OS/c1-4-5-6-7-8-9-10-11-12-13-14-15-16-17-18-30-21(19-31)27-23-22(30)24(32-20(2)3)29-25(26)28-23/h20,31H,4-19H2,1-3H3. The fourth-order valence-corrected chi connectivity index (χ4v) is 5.27. The second-order valence-electron chi connectivity index (χ2n) is 9.07. The summed E-state index contributed by atoms with van der Waals surface area (Å²) in [5, 5.41) is 11.3. The smallest absolute Gasteiger partial charge is 0.225 e. The van der Waals surface area contributed by atoms with Gasteiger partial charge in [0, 0.05) is 11.8 Å². The van der Waals surface area contributed by atoms with Crippen molar-refractivity contribution >= 4 is 34.5 Å². The Hall–Kier alpha value is -0.850. The van der Waals surface area contributed by atoms with Gasteiger partial charge in [-0.3, -0.25) is 0 Å². The predicted molar refractivity (Wildman–Crippen MR) is 138 cm³/mol. The number of hydrogen-bond donors (Lipinski definition) is 1. The van der Waals surface area contributed by atoms with E-state index in [1.807, 2.05) is 0 Å². The van der Waals surface area contributed by atoms with Gasteiger partial charge in [0.15, 0.2) is 5.65 Å². The van der Waals surface area contributed by atoms with Crippen LogP contribution < -0.4 is 0 Å². The molecule has 0 aromatic carbocycles. The van der Waals surface area contributed by atoms with Crippen molar-refractivity contribution in [3.05, 3.63) is 11.1 Å². The van der Waals surface area contributed by atoms with Gasteiger partial charge >= 0.3 is 0 Å². The van der Waals surface area contributed by atoms with Gasteiger partial charge in [-0.1, -0.05) is 104 Å². The van der Waals surface area contributed by atoms with E-state index in [1.165, 1.54) is 83.5 Å². The normalized spacial score (nSPS) is 11.8. The predicted octanol–water partition coefficient (Wildman–Crippen LogP) is 7.95. The zero-order valence-corrected chi connectivity index (χ0v) is 22.0. The first-order valence-corrected chi connectivity index (χ1v) is 14.0. The van der Waals surface area contributed by atoms with Crippen molar-refractivity contribution < 1.29 is 5.11 Å². The molecule has 7 heteroatoms. The molecule has 0 spiro atoms. The number of aromatic nitrogens is 4. The Kier molecular flexibility index (Phi) is 13.6. The molecule has 0 saturated heterocycles. The Morgan fingerprint density at radius 1 is 0.812 bits per heavy atom. The van der Waals surface area contributed by atoms with Crippen LogP contribution in [-0.2, 0) is 13.2 Å². The summed E-state index contributed by atoms with van der Waals surface area (Å²) >= 11 is 7.77.